The summed E-state index contributed by atoms with van der Waals surface area (Å²) in [7, 11) is 0. The summed E-state index contributed by atoms with van der Waals surface area (Å²) in [4.78, 5) is 32.9. The van der Waals surface area contributed by atoms with Gasteiger partial charge in [0.1, 0.15) is 0 Å². The summed E-state index contributed by atoms with van der Waals surface area (Å²) in [6.45, 7) is 5.36. The molecule has 1 aliphatic carbocycles. The number of hydrogen-bond acceptors (Lipinski definition) is 7. The molecule has 0 radical (unpaired) electrons. The number of fused-ring (bicyclic) bond motifs is 1. The van der Waals surface area contributed by atoms with Crippen molar-refractivity contribution >= 4 is 23.6 Å². The molecule has 3 N–H and O–H groups in total. The number of nitrogens with zero attached hydrogens (tertiary/aromatic N) is 4. The molecule has 28 heavy (non-hydrogen) atoms. The van der Waals surface area contributed by atoms with Crippen molar-refractivity contribution < 1.29 is 14.3 Å². The first-order valence-corrected chi connectivity index (χ1v) is 9.83. The normalized spacial score (nSPS) is 16.1. The zero-order chi connectivity index (χ0) is 20.3. The van der Waals surface area contributed by atoms with Gasteiger partial charge in [-0.25, -0.2) is 4.98 Å². The van der Waals surface area contributed by atoms with Crippen LogP contribution in [-0.2, 0) is 20.7 Å². The molecule has 2 aromatic rings. The lowest BCUT2D eigenvalue weighted by Crippen LogP contribution is -2.42. The van der Waals surface area contributed by atoms with E-state index in [0.29, 0.717) is 12.2 Å². The van der Waals surface area contributed by atoms with Crippen LogP contribution in [0.5, 0.6) is 0 Å². The van der Waals surface area contributed by atoms with Gasteiger partial charge in [0.2, 0.25) is 5.95 Å². The number of amides is 1. The molecule has 9 nitrogen and oxygen atoms in total. The number of carbonyl (C=O) groups excluding carboxylic acids is 2. The predicted molar refractivity (Wildman–Crippen MR) is 104 cm³/mol. The summed E-state index contributed by atoms with van der Waals surface area (Å²) in [6, 6.07) is 0.195. The minimum atomic E-state index is -0.799. The molecule has 0 spiro atoms. The van der Waals surface area contributed by atoms with Crippen molar-refractivity contribution in [3.63, 3.8) is 0 Å². The highest BCUT2D eigenvalue weighted by Gasteiger charge is 2.22. The Morgan fingerprint density at radius 3 is 2.68 bits per heavy atom. The second-order valence-corrected chi connectivity index (χ2v) is 7.42. The van der Waals surface area contributed by atoms with Crippen molar-refractivity contribution in [2.24, 2.45) is 0 Å². The van der Waals surface area contributed by atoms with Crippen LogP contribution in [0.2, 0.25) is 0 Å². The average molecular weight is 388 g/mol. The molecule has 152 valence electrons. The fourth-order valence-electron chi connectivity index (χ4n) is 3.69. The van der Waals surface area contributed by atoms with Crippen molar-refractivity contribution in [3.8, 4) is 0 Å². The Labute approximate surface area is 164 Å². The fraction of sp³-hybridized carbons (Fsp3) is 0.632. The second kappa shape index (κ2) is 8.53. The average Bonchev–Trinajstić information content (AvgIpc) is 3.02. The largest absolute Gasteiger partial charge is 0.453 e. The third-order valence-corrected chi connectivity index (χ3v) is 5.27. The van der Waals surface area contributed by atoms with E-state index >= 15 is 0 Å². The monoisotopic (exact) mass is 388 g/mol. The van der Waals surface area contributed by atoms with Crippen LogP contribution in [-0.4, -0.2) is 43.6 Å². The molecule has 1 fully saturated rings. The number of hydrogen-bond donors (Lipinski definition) is 2. The number of nitrogen functional groups attached to an aromatic ring is 1. The molecule has 1 aliphatic rings. The number of esters is 1. The molecule has 1 saturated carbocycles. The summed E-state index contributed by atoms with van der Waals surface area (Å²) in [6.07, 6.45) is 5.27. The van der Waals surface area contributed by atoms with Crippen LogP contribution in [0.1, 0.15) is 62.4 Å². The van der Waals surface area contributed by atoms with Crippen molar-refractivity contribution in [2.45, 2.75) is 77.9 Å². The van der Waals surface area contributed by atoms with Gasteiger partial charge < -0.3 is 15.8 Å². The number of anilines is 1. The standard InChI is InChI=1S/C19H28N6O3/c1-11-15(12(2)25-19(21-11)23-18(20)24-25)9-10-16(26)28-13(3)17(27)22-14-7-5-4-6-8-14/h13-14H,4-10H2,1-3H3,(H2,20,24)(H,22,27)/t13-/m0/s1. The highest BCUT2D eigenvalue weighted by molar-refractivity contribution is 5.83. The summed E-state index contributed by atoms with van der Waals surface area (Å²) < 4.78 is 6.89. The van der Waals surface area contributed by atoms with Gasteiger partial charge in [0, 0.05) is 23.9 Å². The van der Waals surface area contributed by atoms with Crippen LogP contribution < -0.4 is 11.1 Å². The molecule has 0 aromatic carbocycles. The van der Waals surface area contributed by atoms with Gasteiger partial charge >= 0.3 is 5.97 Å². The highest BCUT2D eigenvalue weighted by atomic mass is 16.5. The van der Waals surface area contributed by atoms with Gasteiger partial charge in [-0.1, -0.05) is 19.3 Å². The quantitative estimate of drug-likeness (QED) is 0.721. The smallest absolute Gasteiger partial charge is 0.306 e. The minimum absolute atomic E-state index is 0.153. The van der Waals surface area contributed by atoms with Gasteiger partial charge in [0.05, 0.1) is 0 Å². The Bertz CT molecular complexity index is 872. The van der Waals surface area contributed by atoms with E-state index in [1.807, 2.05) is 13.8 Å². The van der Waals surface area contributed by atoms with E-state index < -0.39 is 12.1 Å². The lowest BCUT2D eigenvalue weighted by molar-refractivity contribution is -0.155. The van der Waals surface area contributed by atoms with Gasteiger partial charge in [0.25, 0.3) is 11.7 Å². The van der Waals surface area contributed by atoms with E-state index in [1.54, 1.807) is 11.4 Å². The molecule has 3 rings (SSSR count). The third kappa shape index (κ3) is 4.58. The number of aromatic nitrogens is 4. The zero-order valence-corrected chi connectivity index (χ0v) is 16.7. The number of aryl methyl sites for hydroxylation is 2. The van der Waals surface area contributed by atoms with Gasteiger partial charge in [0.15, 0.2) is 6.10 Å². The number of rotatable bonds is 6. The summed E-state index contributed by atoms with van der Waals surface area (Å²) in [5.41, 5.74) is 8.14. The molecule has 1 atom stereocenters. The minimum Gasteiger partial charge on any atom is -0.453 e. The number of carbonyl (C=O) groups is 2. The first-order valence-electron chi connectivity index (χ1n) is 9.83. The number of nitrogens with two attached hydrogens (primary N) is 1. The third-order valence-electron chi connectivity index (χ3n) is 5.27. The molecule has 0 aliphatic heterocycles. The highest BCUT2D eigenvalue weighted by Crippen LogP contribution is 2.18. The summed E-state index contributed by atoms with van der Waals surface area (Å²) in [5, 5.41) is 7.10. The van der Waals surface area contributed by atoms with Crippen LogP contribution in [0.4, 0.5) is 5.95 Å². The van der Waals surface area contributed by atoms with Gasteiger partial charge in [-0.3, -0.25) is 9.59 Å². The maximum absolute atomic E-state index is 12.2. The fourth-order valence-corrected chi connectivity index (χ4v) is 3.69. The molecule has 0 saturated heterocycles. The van der Waals surface area contributed by atoms with E-state index in [4.69, 9.17) is 10.5 Å². The number of ether oxygens (including phenoxy) is 1. The van der Waals surface area contributed by atoms with Crippen LogP contribution in [0.3, 0.4) is 0 Å². The Kier molecular flexibility index (Phi) is 6.11. The maximum atomic E-state index is 12.2. The number of nitrogens with one attached hydrogen (secondary N) is 1. The van der Waals surface area contributed by atoms with Crippen molar-refractivity contribution in [1.29, 1.82) is 0 Å². The van der Waals surface area contributed by atoms with Crippen LogP contribution in [0.25, 0.3) is 5.78 Å². The molecule has 1 amide bonds. The van der Waals surface area contributed by atoms with Gasteiger partial charge in [-0.05, 0) is 45.6 Å². The van der Waals surface area contributed by atoms with Crippen molar-refractivity contribution in [2.75, 3.05) is 5.73 Å². The first-order chi connectivity index (χ1) is 13.3. The van der Waals surface area contributed by atoms with Crippen LogP contribution in [0, 0.1) is 13.8 Å². The van der Waals surface area contributed by atoms with E-state index in [0.717, 1.165) is 42.6 Å². The maximum Gasteiger partial charge on any atom is 0.306 e. The molecule has 9 heteroatoms. The van der Waals surface area contributed by atoms with E-state index in [9.17, 15) is 9.59 Å². The Balaban J connectivity index is 1.55. The molecular weight excluding hydrogens is 360 g/mol. The molecule has 2 aromatic heterocycles. The lowest BCUT2D eigenvalue weighted by atomic mass is 9.95. The summed E-state index contributed by atoms with van der Waals surface area (Å²) >= 11 is 0. The second-order valence-electron chi connectivity index (χ2n) is 7.42. The van der Waals surface area contributed by atoms with E-state index in [2.05, 4.69) is 20.4 Å². The van der Waals surface area contributed by atoms with Crippen LogP contribution >= 0.6 is 0 Å². The topological polar surface area (TPSA) is 124 Å². The van der Waals surface area contributed by atoms with Gasteiger partial charge in [-0.2, -0.15) is 9.50 Å². The predicted octanol–water partition coefficient (Wildman–Crippen LogP) is 1.64. The van der Waals surface area contributed by atoms with E-state index in [-0.39, 0.29) is 24.3 Å². The van der Waals surface area contributed by atoms with E-state index in [1.165, 1.54) is 6.42 Å². The Hall–Kier alpha value is -2.71. The molecule has 0 bridgehead atoms. The van der Waals surface area contributed by atoms with Crippen molar-refractivity contribution in [3.05, 3.63) is 17.0 Å². The zero-order valence-electron chi connectivity index (χ0n) is 16.7. The molecule has 2 heterocycles. The summed E-state index contributed by atoms with van der Waals surface area (Å²) in [5.74, 6) is -0.0479. The van der Waals surface area contributed by atoms with Gasteiger partial charge in [-0.15, -0.1) is 5.10 Å². The molecule has 0 unspecified atom stereocenters. The Morgan fingerprint density at radius 1 is 1.25 bits per heavy atom. The van der Waals surface area contributed by atoms with Crippen molar-refractivity contribution in [1.82, 2.24) is 24.9 Å². The lowest BCUT2D eigenvalue weighted by Gasteiger charge is -2.24. The molecular formula is C19H28N6O3. The first kappa shape index (κ1) is 20.0. The Morgan fingerprint density at radius 2 is 1.96 bits per heavy atom. The van der Waals surface area contributed by atoms with Crippen LogP contribution in [0.15, 0.2) is 0 Å². The SMILES string of the molecule is Cc1nc2nc(N)nn2c(C)c1CCC(=O)O[C@@H](C)C(=O)NC1CCCCC1.